The van der Waals surface area contributed by atoms with Crippen molar-refractivity contribution >= 4 is 23.7 Å². The molecule has 0 radical (unpaired) electrons. The highest BCUT2D eigenvalue weighted by Gasteiger charge is 2.53. The van der Waals surface area contributed by atoms with Crippen LogP contribution in [0, 0.1) is 17.8 Å². The number of rotatable bonds is 3. The highest BCUT2D eigenvalue weighted by atomic mass is 35.5. The van der Waals surface area contributed by atoms with E-state index in [1.165, 1.54) is 38.5 Å². The van der Waals surface area contributed by atoms with Gasteiger partial charge in [0.1, 0.15) is 10.7 Å². The van der Waals surface area contributed by atoms with E-state index in [0.717, 1.165) is 34.3 Å². The average molecular weight is 353 g/mol. The van der Waals surface area contributed by atoms with Crippen LogP contribution in [-0.2, 0) is 12.0 Å². The summed E-state index contributed by atoms with van der Waals surface area (Å²) >= 11 is 1.55. The molecule has 0 saturated heterocycles. The van der Waals surface area contributed by atoms with Gasteiger partial charge in [-0.1, -0.05) is 5.16 Å². The fraction of sp³-hybridized carbons (Fsp3) is 0.688. The van der Waals surface area contributed by atoms with Crippen molar-refractivity contribution in [1.82, 2.24) is 15.1 Å². The number of aromatic nitrogens is 3. The smallest absolute Gasteiger partial charge is 0.277 e. The van der Waals surface area contributed by atoms with Crippen LogP contribution in [0.15, 0.2) is 9.90 Å². The summed E-state index contributed by atoms with van der Waals surface area (Å²) in [5.41, 5.74) is 6.59. The molecule has 6 rings (SSSR count). The van der Waals surface area contributed by atoms with Crippen LogP contribution in [0.2, 0.25) is 0 Å². The largest absolute Gasteiger partial charge is 0.332 e. The second-order valence-corrected chi connectivity index (χ2v) is 8.39. The third-order valence-electron chi connectivity index (χ3n) is 5.88. The molecule has 4 aliphatic rings. The van der Waals surface area contributed by atoms with Gasteiger partial charge in [-0.3, -0.25) is 0 Å². The Morgan fingerprint density at radius 1 is 1.13 bits per heavy atom. The Morgan fingerprint density at radius 2 is 1.78 bits per heavy atom. The molecule has 0 spiro atoms. The number of nitrogens with two attached hydrogens (primary N) is 1. The molecule has 5 nitrogen and oxygen atoms in total. The summed E-state index contributed by atoms with van der Waals surface area (Å²) in [5.74, 6) is 4.15. The van der Waals surface area contributed by atoms with E-state index >= 15 is 0 Å². The van der Waals surface area contributed by atoms with Crippen LogP contribution >= 0.6 is 23.7 Å². The topological polar surface area (TPSA) is 77.8 Å². The molecule has 0 amide bonds. The Labute approximate surface area is 145 Å². The van der Waals surface area contributed by atoms with E-state index in [9.17, 15) is 0 Å². The Balaban J connectivity index is 0.00000135. The van der Waals surface area contributed by atoms with Crippen LogP contribution in [-0.4, -0.2) is 15.1 Å². The van der Waals surface area contributed by atoms with Crippen LogP contribution in [0.4, 0.5) is 0 Å². The van der Waals surface area contributed by atoms with E-state index < -0.39 is 0 Å². The predicted octanol–water partition coefficient (Wildman–Crippen LogP) is 3.54. The Hall–Kier alpha value is -0.980. The first kappa shape index (κ1) is 15.5. The lowest BCUT2D eigenvalue weighted by molar-refractivity contribution is -0.0103. The minimum Gasteiger partial charge on any atom is -0.332 e. The van der Waals surface area contributed by atoms with Crippen LogP contribution in [0.25, 0.3) is 11.6 Å². The van der Waals surface area contributed by atoms with E-state index in [0.29, 0.717) is 12.4 Å². The van der Waals surface area contributed by atoms with Crippen molar-refractivity contribution in [2.24, 2.45) is 23.5 Å². The van der Waals surface area contributed by atoms with E-state index in [1.54, 1.807) is 11.3 Å². The van der Waals surface area contributed by atoms with Gasteiger partial charge >= 0.3 is 0 Å². The third-order valence-corrected chi connectivity index (χ3v) is 6.76. The van der Waals surface area contributed by atoms with Gasteiger partial charge in [0, 0.05) is 17.3 Å². The molecular formula is C16H21ClN4OS. The third kappa shape index (κ3) is 2.42. The molecule has 7 heteroatoms. The summed E-state index contributed by atoms with van der Waals surface area (Å²) in [6.07, 6.45) is 8.04. The zero-order chi connectivity index (χ0) is 14.7. The van der Waals surface area contributed by atoms with Gasteiger partial charge in [-0.05, 0) is 56.3 Å². The molecule has 4 saturated carbocycles. The quantitative estimate of drug-likeness (QED) is 0.914. The van der Waals surface area contributed by atoms with Gasteiger partial charge in [-0.15, -0.1) is 23.7 Å². The molecule has 0 aliphatic heterocycles. The molecular weight excluding hydrogens is 332 g/mol. The van der Waals surface area contributed by atoms with E-state index in [2.05, 4.69) is 10.1 Å². The van der Waals surface area contributed by atoms with Crippen molar-refractivity contribution in [3.8, 4) is 11.6 Å². The van der Waals surface area contributed by atoms with Gasteiger partial charge in [-0.2, -0.15) is 4.98 Å². The Morgan fingerprint density at radius 3 is 2.35 bits per heavy atom. The minimum atomic E-state index is 0. The van der Waals surface area contributed by atoms with Crippen molar-refractivity contribution in [1.29, 1.82) is 0 Å². The maximum absolute atomic E-state index is 5.63. The SMILES string of the molecule is Cl.NCc1nc(-c2nc(C34CC5CC(CC(C5)C3)C4)no2)cs1. The molecule has 4 bridgehead atoms. The first-order chi connectivity index (χ1) is 10.7. The van der Waals surface area contributed by atoms with Crippen molar-refractivity contribution < 1.29 is 4.52 Å². The summed E-state index contributed by atoms with van der Waals surface area (Å²) in [7, 11) is 0. The molecule has 0 atom stereocenters. The summed E-state index contributed by atoms with van der Waals surface area (Å²) in [4.78, 5) is 9.20. The monoisotopic (exact) mass is 352 g/mol. The number of thiazole rings is 1. The fourth-order valence-electron chi connectivity index (χ4n) is 5.43. The molecule has 2 aromatic rings. The zero-order valence-corrected chi connectivity index (χ0v) is 14.5. The van der Waals surface area contributed by atoms with E-state index in [1.807, 2.05) is 5.38 Å². The highest BCUT2D eigenvalue weighted by molar-refractivity contribution is 7.09. The predicted molar refractivity (Wildman–Crippen MR) is 90.4 cm³/mol. The Bertz CT molecular complexity index is 677. The van der Waals surface area contributed by atoms with Gasteiger partial charge in [0.25, 0.3) is 5.89 Å². The van der Waals surface area contributed by atoms with Crippen molar-refractivity contribution in [3.63, 3.8) is 0 Å². The van der Waals surface area contributed by atoms with Gasteiger partial charge in [-0.25, -0.2) is 4.98 Å². The van der Waals surface area contributed by atoms with Crippen molar-refractivity contribution in [3.05, 3.63) is 16.2 Å². The van der Waals surface area contributed by atoms with Crippen molar-refractivity contribution in [2.45, 2.75) is 50.5 Å². The summed E-state index contributed by atoms with van der Waals surface area (Å²) in [6.45, 7) is 0.459. The minimum absolute atomic E-state index is 0. The highest BCUT2D eigenvalue weighted by Crippen LogP contribution is 2.60. The van der Waals surface area contributed by atoms with Crippen LogP contribution in [0.5, 0.6) is 0 Å². The molecule has 124 valence electrons. The number of hydrogen-bond donors (Lipinski definition) is 1. The van der Waals surface area contributed by atoms with Gasteiger partial charge in [0.15, 0.2) is 5.82 Å². The lowest BCUT2D eigenvalue weighted by Gasteiger charge is -2.55. The lowest BCUT2D eigenvalue weighted by Crippen LogP contribution is -2.49. The molecule has 4 aliphatic carbocycles. The lowest BCUT2D eigenvalue weighted by atomic mass is 9.49. The Kier molecular flexibility index (Phi) is 3.74. The standard InChI is InChI=1S/C16H20N4OS.ClH/c17-7-13-18-12(8-22-13)14-19-15(20-21-14)16-4-9-1-10(5-16)3-11(2-9)6-16;/h8-11H,1-7,17H2;1H. The van der Waals surface area contributed by atoms with E-state index in [-0.39, 0.29) is 17.8 Å². The number of hydrogen-bond acceptors (Lipinski definition) is 6. The average Bonchev–Trinajstić information content (AvgIpc) is 3.15. The molecule has 0 aromatic carbocycles. The van der Waals surface area contributed by atoms with Crippen LogP contribution < -0.4 is 5.73 Å². The van der Waals surface area contributed by atoms with Gasteiger partial charge in [0.2, 0.25) is 0 Å². The maximum atomic E-state index is 5.63. The second-order valence-electron chi connectivity index (χ2n) is 7.45. The number of nitrogens with zero attached hydrogens (tertiary/aromatic N) is 3. The molecule has 2 N–H and O–H groups in total. The summed E-state index contributed by atoms with van der Waals surface area (Å²) in [6, 6.07) is 0. The number of halogens is 1. The first-order valence-corrected chi connectivity index (χ1v) is 9.11. The summed E-state index contributed by atoms with van der Waals surface area (Å²) < 4.78 is 5.54. The molecule has 0 unspecified atom stereocenters. The maximum Gasteiger partial charge on any atom is 0.277 e. The molecule has 2 aromatic heterocycles. The van der Waals surface area contributed by atoms with Crippen LogP contribution in [0.3, 0.4) is 0 Å². The van der Waals surface area contributed by atoms with Gasteiger partial charge < -0.3 is 10.3 Å². The normalized spacial score (nSPS) is 34.6. The summed E-state index contributed by atoms with van der Waals surface area (Å²) in [5, 5.41) is 7.23. The zero-order valence-electron chi connectivity index (χ0n) is 12.9. The van der Waals surface area contributed by atoms with Crippen molar-refractivity contribution in [2.75, 3.05) is 0 Å². The van der Waals surface area contributed by atoms with Crippen LogP contribution in [0.1, 0.15) is 49.4 Å². The first-order valence-electron chi connectivity index (χ1n) is 8.23. The fourth-order valence-corrected chi connectivity index (χ4v) is 6.08. The van der Waals surface area contributed by atoms with E-state index in [4.69, 9.17) is 15.2 Å². The molecule has 23 heavy (non-hydrogen) atoms. The molecule has 2 heterocycles. The molecule has 4 fully saturated rings. The van der Waals surface area contributed by atoms with Gasteiger partial charge in [0.05, 0.1) is 0 Å². The second kappa shape index (κ2) is 5.53.